The van der Waals surface area contributed by atoms with Crippen molar-refractivity contribution >= 4 is 5.91 Å². The summed E-state index contributed by atoms with van der Waals surface area (Å²) < 4.78 is 20.0. The van der Waals surface area contributed by atoms with Gasteiger partial charge in [0.1, 0.15) is 12.4 Å². The Labute approximate surface area is 171 Å². The van der Waals surface area contributed by atoms with Gasteiger partial charge in [-0.05, 0) is 72.2 Å². The monoisotopic (exact) mass is 406 g/mol. The Kier molecular flexibility index (Phi) is 5.45. The summed E-state index contributed by atoms with van der Waals surface area (Å²) in [5, 5.41) is 14.0. The Balaban J connectivity index is 1.57. The van der Waals surface area contributed by atoms with Gasteiger partial charge in [-0.3, -0.25) is 4.79 Å². The van der Waals surface area contributed by atoms with Crippen molar-refractivity contribution < 1.29 is 13.6 Å². The number of nitrogens with zero attached hydrogens (tertiary/aromatic N) is 5. The highest BCUT2D eigenvalue weighted by Gasteiger charge is 2.22. The fourth-order valence-electron chi connectivity index (χ4n) is 3.09. The predicted octanol–water partition coefficient (Wildman–Crippen LogP) is 4.80. The van der Waals surface area contributed by atoms with Crippen LogP contribution in [0.5, 0.6) is 0 Å². The maximum absolute atomic E-state index is 14.5. The van der Waals surface area contributed by atoms with Gasteiger partial charge in [0.25, 0.3) is 5.91 Å². The number of nitrogens with one attached hydrogen (secondary N) is 1. The van der Waals surface area contributed by atoms with Gasteiger partial charge in [-0.1, -0.05) is 17.2 Å². The molecule has 0 radical (unpaired) electrons. The molecular weight excluding hydrogens is 387 g/mol. The molecule has 2 aromatic carbocycles. The standard InChI is InChI=1S/C21H19FN6O2/c1-12-17(8-16(9-18(12)22)20(29)24-10-13-2-3-13)14-4-6-15(7-5-14)21-27-26-19(30-21)11-25-28-23/h4-9,13H,2-3,10-11H2,1H3,(H,24,29). The highest BCUT2D eigenvalue weighted by molar-refractivity contribution is 5.96. The molecule has 1 aliphatic carbocycles. The van der Waals surface area contributed by atoms with Crippen molar-refractivity contribution in [1.82, 2.24) is 15.5 Å². The summed E-state index contributed by atoms with van der Waals surface area (Å²) in [4.78, 5) is 15.1. The molecule has 0 unspecified atom stereocenters. The molecule has 1 saturated carbocycles. The SMILES string of the molecule is Cc1c(F)cc(C(=O)NCC2CC2)cc1-c1ccc(-c2nnc(CN=[N+]=[N-])o2)cc1. The van der Waals surface area contributed by atoms with Crippen LogP contribution < -0.4 is 5.32 Å². The van der Waals surface area contributed by atoms with Crippen molar-refractivity contribution in [2.75, 3.05) is 6.54 Å². The van der Waals surface area contributed by atoms with Crippen molar-refractivity contribution in [1.29, 1.82) is 0 Å². The molecule has 8 nitrogen and oxygen atoms in total. The van der Waals surface area contributed by atoms with Gasteiger partial charge in [0, 0.05) is 22.6 Å². The van der Waals surface area contributed by atoms with Gasteiger partial charge >= 0.3 is 0 Å². The van der Waals surface area contributed by atoms with Gasteiger partial charge in [-0.15, -0.1) is 10.2 Å². The number of azide groups is 1. The van der Waals surface area contributed by atoms with Crippen LogP contribution in [0.25, 0.3) is 33.0 Å². The van der Waals surface area contributed by atoms with E-state index < -0.39 is 5.82 Å². The number of hydrogen-bond donors (Lipinski definition) is 1. The topological polar surface area (TPSA) is 117 Å². The van der Waals surface area contributed by atoms with E-state index in [2.05, 4.69) is 25.5 Å². The molecule has 4 rings (SSSR count). The van der Waals surface area contributed by atoms with Crippen LogP contribution in [0.3, 0.4) is 0 Å². The number of amides is 1. The van der Waals surface area contributed by atoms with E-state index in [4.69, 9.17) is 9.95 Å². The van der Waals surface area contributed by atoms with E-state index in [-0.39, 0.29) is 18.3 Å². The Morgan fingerprint density at radius 3 is 2.70 bits per heavy atom. The average Bonchev–Trinajstić information content (AvgIpc) is 3.48. The lowest BCUT2D eigenvalue weighted by molar-refractivity contribution is 0.0951. The quantitative estimate of drug-likeness (QED) is 0.344. The lowest BCUT2D eigenvalue weighted by Gasteiger charge is -2.11. The molecular formula is C21H19FN6O2. The molecule has 152 valence electrons. The Hall–Kier alpha value is -3.71. The molecule has 1 heterocycles. The molecule has 0 saturated heterocycles. The van der Waals surface area contributed by atoms with Crippen LogP contribution in [0.2, 0.25) is 0 Å². The minimum Gasteiger partial charge on any atom is -0.421 e. The zero-order chi connectivity index (χ0) is 21.1. The van der Waals surface area contributed by atoms with E-state index in [1.165, 1.54) is 6.07 Å². The molecule has 1 aliphatic rings. The third-order valence-corrected chi connectivity index (χ3v) is 5.03. The van der Waals surface area contributed by atoms with E-state index in [0.717, 1.165) is 18.4 Å². The highest BCUT2D eigenvalue weighted by atomic mass is 19.1. The normalized spacial score (nSPS) is 13.0. The second-order valence-electron chi connectivity index (χ2n) is 7.25. The van der Waals surface area contributed by atoms with Gasteiger partial charge in [0.2, 0.25) is 11.8 Å². The summed E-state index contributed by atoms with van der Waals surface area (Å²) in [6.45, 7) is 2.30. The maximum atomic E-state index is 14.5. The number of rotatable bonds is 7. The van der Waals surface area contributed by atoms with Crippen LogP contribution in [0.15, 0.2) is 45.9 Å². The summed E-state index contributed by atoms with van der Waals surface area (Å²) in [5.74, 6) is 0.369. The molecule has 30 heavy (non-hydrogen) atoms. The fourth-order valence-corrected chi connectivity index (χ4v) is 3.09. The minimum atomic E-state index is -0.423. The number of halogens is 1. The van der Waals surface area contributed by atoms with Crippen molar-refractivity contribution in [2.45, 2.75) is 26.3 Å². The van der Waals surface area contributed by atoms with Crippen molar-refractivity contribution in [3.63, 3.8) is 0 Å². The Morgan fingerprint density at radius 2 is 2.00 bits per heavy atom. The molecule has 3 aromatic rings. The van der Waals surface area contributed by atoms with E-state index >= 15 is 0 Å². The maximum Gasteiger partial charge on any atom is 0.251 e. The number of aromatic nitrogens is 2. The first-order valence-electron chi connectivity index (χ1n) is 9.57. The summed E-state index contributed by atoms with van der Waals surface area (Å²) in [5.41, 5.74) is 11.2. The molecule has 0 aliphatic heterocycles. The molecule has 1 N–H and O–H groups in total. The summed E-state index contributed by atoms with van der Waals surface area (Å²) >= 11 is 0. The largest absolute Gasteiger partial charge is 0.421 e. The lowest BCUT2D eigenvalue weighted by Crippen LogP contribution is -2.25. The summed E-state index contributed by atoms with van der Waals surface area (Å²) in [6, 6.07) is 10.1. The number of benzene rings is 2. The van der Waals surface area contributed by atoms with Gasteiger partial charge in [-0.25, -0.2) is 4.39 Å². The average molecular weight is 406 g/mol. The first kappa shape index (κ1) is 19.6. The van der Waals surface area contributed by atoms with Crippen LogP contribution in [-0.2, 0) is 6.54 Å². The third kappa shape index (κ3) is 4.31. The van der Waals surface area contributed by atoms with Crippen molar-refractivity contribution in [3.8, 4) is 22.6 Å². The summed E-state index contributed by atoms with van der Waals surface area (Å²) in [7, 11) is 0. The van der Waals surface area contributed by atoms with Crippen LogP contribution in [0.4, 0.5) is 4.39 Å². The van der Waals surface area contributed by atoms with Crippen LogP contribution >= 0.6 is 0 Å². The molecule has 1 fully saturated rings. The first-order chi connectivity index (χ1) is 14.5. The Morgan fingerprint density at radius 1 is 1.27 bits per heavy atom. The molecule has 0 atom stereocenters. The van der Waals surface area contributed by atoms with Crippen LogP contribution in [-0.4, -0.2) is 22.6 Å². The predicted molar refractivity (Wildman–Crippen MR) is 108 cm³/mol. The van der Waals surface area contributed by atoms with Gasteiger partial charge in [0.05, 0.1) is 0 Å². The fraction of sp³-hybridized carbons (Fsp3) is 0.286. The zero-order valence-electron chi connectivity index (χ0n) is 16.3. The number of carbonyl (C=O) groups is 1. The summed E-state index contributed by atoms with van der Waals surface area (Å²) in [6.07, 6.45) is 2.26. The first-order valence-corrected chi connectivity index (χ1v) is 9.57. The molecule has 1 amide bonds. The Bertz CT molecular complexity index is 1130. The van der Waals surface area contributed by atoms with Gasteiger partial charge in [0.15, 0.2) is 0 Å². The van der Waals surface area contributed by atoms with E-state index in [1.807, 2.05) is 0 Å². The van der Waals surface area contributed by atoms with Crippen molar-refractivity contribution in [2.24, 2.45) is 11.0 Å². The molecule has 9 heteroatoms. The number of carbonyl (C=O) groups excluding carboxylic acids is 1. The van der Waals surface area contributed by atoms with Crippen molar-refractivity contribution in [3.05, 3.63) is 69.7 Å². The lowest BCUT2D eigenvalue weighted by atomic mass is 9.96. The second-order valence-corrected chi connectivity index (χ2v) is 7.25. The van der Waals surface area contributed by atoms with Gasteiger partial charge < -0.3 is 9.73 Å². The van der Waals surface area contributed by atoms with Crippen LogP contribution in [0.1, 0.15) is 34.7 Å². The second kappa shape index (κ2) is 8.34. The van der Waals surface area contributed by atoms with E-state index in [0.29, 0.717) is 40.6 Å². The smallest absolute Gasteiger partial charge is 0.251 e. The van der Waals surface area contributed by atoms with E-state index in [9.17, 15) is 9.18 Å². The highest BCUT2D eigenvalue weighted by Crippen LogP contribution is 2.30. The van der Waals surface area contributed by atoms with Crippen LogP contribution in [0, 0.1) is 18.7 Å². The molecule has 1 aromatic heterocycles. The third-order valence-electron chi connectivity index (χ3n) is 5.03. The van der Waals surface area contributed by atoms with E-state index in [1.54, 1.807) is 37.3 Å². The minimum absolute atomic E-state index is 0.0182. The zero-order valence-corrected chi connectivity index (χ0v) is 16.3. The molecule has 0 spiro atoms. The number of hydrogen-bond acceptors (Lipinski definition) is 5. The van der Waals surface area contributed by atoms with Gasteiger partial charge in [-0.2, -0.15) is 0 Å². The molecule has 0 bridgehead atoms.